The Morgan fingerprint density at radius 2 is 1.93 bits per heavy atom. The highest BCUT2D eigenvalue weighted by Gasteiger charge is 2.33. The third-order valence-corrected chi connectivity index (χ3v) is 5.92. The van der Waals surface area contributed by atoms with Gasteiger partial charge in [-0.2, -0.15) is 4.98 Å². The van der Waals surface area contributed by atoms with Gasteiger partial charge in [0.25, 0.3) is 0 Å². The molecule has 0 unspecified atom stereocenters. The van der Waals surface area contributed by atoms with Gasteiger partial charge in [0.05, 0.1) is 17.9 Å². The molecule has 4 rings (SSSR count). The minimum atomic E-state index is -0.264. The van der Waals surface area contributed by atoms with E-state index in [9.17, 15) is 9.59 Å². The van der Waals surface area contributed by atoms with Crippen LogP contribution in [0.1, 0.15) is 11.1 Å². The Morgan fingerprint density at radius 3 is 2.65 bits per heavy atom. The number of fused-ring (bicyclic) bond motifs is 1. The zero-order valence-corrected chi connectivity index (χ0v) is 22.8. The standard InChI is InChI=1S/C29H33N9O2/c1-31-18-24(16-30)34-28-32-17-22-20-37(19-21-9-5-4-6-10-21)29(40)38(27(22)35-28)25-12-7-11-23(15-25)33-26(39)13-8-14-36(2)3/h4-13,15-18,30-31H,14,19-20H2,1-3H3,(H,33,39)(H,32,34,35)/b13-8+,24-18+,30-16?. The van der Waals surface area contributed by atoms with Gasteiger partial charge in [-0.15, -0.1) is 0 Å². The lowest BCUT2D eigenvalue weighted by atomic mass is 10.1. The highest BCUT2D eigenvalue weighted by molar-refractivity contribution is 6.03. The number of nitrogens with one attached hydrogen (secondary N) is 4. The molecule has 11 heteroatoms. The molecule has 40 heavy (non-hydrogen) atoms. The van der Waals surface area contributed by atoms with Gasteiger partial charge in [0.15, 0.2) is 5.82 Å². The van der Waals surface area contributed by atoms with Crippen LogP contribution in [-0.2, 0) is 17.9 Å². The second-order valence-electron chi connectivity index (χ2n) is 9.36. The first-order valence-corrected chi connectivity index (χ1v) is 12.7. The van der Waals surface area contributed by atoms with E-state index in [4.69, 9.17) is 5.41 Å². The Morgan fingerprint density at radius 1 is 1.12 bits per heavy atom. The SMILES string of the molecule is CN/C=C(\C=N)Nc1ncc2c(n1)N(c1cccc(NC(=O)/C=C/CN(C)C)c1)C(=O)N(Cc1ccccc1)C2. The average Bonchev–Trinajstić information content (AvgIpc) is 2.94. The van der Waals surface area contributed by atoms with Crippen molar-refractivity contribution in [2.24, 2.45) is 0 Å². The molecule has 1 aliphatic heterocycles. The number of allylic oxidation sites excluding steroid dienone is 1. The predicted molar refractivity (Wildman–Crippen MR) is 158 cm³/mol. The highest BCUT2D eigenvalue weighted by Crippen LogP contribution is 2.35. The second kappa shape index (κ2) is 13.2. The van der Waals surface area contributed by atoms with E-state index in [1.54, 1.807) is 54.7 Å². The van der Waals surface area contributed by atoms with E-state index in [-0.39, 0.29) is 17.9 Å². The molecule has 3 aromatic rings. The van der Waals surface area contributed by atoms with Gasteiger partial charge >= 0.3 is 6.03 Å². The molecule has 1 aromatic heterocycles. The van der Waals surface area contributed by atoms with E-state index < -0.39 is 0 Å². The van der Waals surface area contributed by atoms with Crippen LogP contribution in [0, 0.1) is 5.41 Å². The summed E-state index contributed by atoms with van der Waals surface area (Å²) in [7, 11) is 5.58. The van der Waals surface area contributed by atoms with Gasteiger partial charge in [0.1, 0.15) is 0 Å². The molecule has 2 aromatic carbocycles. The Kier molecular flexibility index (Phi) is 9.21. The number of carbonyl (C=O) groups excluding carboxylic acids is 2. The van der Waals surface area contributed by atoms with Crippen molar-refractivity contribution in [2.45, 2.75) is 13.1 Å². The van der Waals surface area contributed by atoms with Crippen LogP contribution in [0.25, 0.3) is 0 Å². The van der Waals surface area contributed by atoms with Crippen LogP contribution in [0.2, 0.25) is 0 Å². The highest BCUT2D eigenvalue weighted by atomic mass is 16.2. The molecule has 0 spiro atoms. The fourth-order valence-electron chi connectivity index (χ4n) is 4.10. The lowest BCUT2D eigenvalue weighted by Gasteiger charge is -2.36. The number of amides is 3. The smallest absolute Gasteiger partial charge is 0.330 e. The van der Waals surface area contributed by atoms with Crippen LogP contribution in [0.15, 0.2) is 84.8 Å². The maximum absolute atomic E-state index is 13.9. The van der Waals surface area contributed by atoms with Crippen molar-refractivity contribution in [3.8, 4) is 0 Å². The molecule has 3 amide bonds. The summed E-state index contributed by atoms with van der Waals surface area (Å²) in [5, 5.41) is 16.3. The van der Waals surface area contributed by atoms with E-state index in [1.165, 1.54) is 11.0 Å². The van der Waals surface area contributed by atoms with Gasteiger partial charge in [0, 0.05) is 56.1 Å². The van der Waals surface area contributed by atoms with E-state index in [1.807, 2.05) is 49.3 Å². The number of likely N-dealkylation sites (N-methyl/N-ethyl adjacent to an activating group) is 1. The number of hydrogen-bond acceptors (Lipinski definition) is 8. The van der Waals surface area contributed by atoms with E-state index in [0.717, 1.165) is 17.3 Å². The van der Waals surface area contributed by atoms with Crippen LogP contribution in [0.3, 0.4) is 0 Å². The van der Waals surface area contributed by atoms with Gasteiger partial charge in [0.2, 0.25) is 11.9 Å². The van der Waals surface area contributed by atoms with Crippen LogP contribution < -0.4 is 20.9 Å². The number of anilines is 4. The van der Waals surface area contributed by atoms with Crippen LogP contribution in [0.5, 0.6) is 0 Å². The van der Waals surface area contributed by atoms with Crippen molar-refractivity contribution in [3.05, 3.63) is 96.0 Å². The number of hydrogen-bond donors (Lipinski definition) is 4. The largest absolute Gasteiger partial charge is 0.392 e. The molecule has 0 bridgehead atoms. The molecule has 0 aliphatic carbocycles. The van der Waals surface area contributed by atoms with Crippen molar-refractivity contribution < 1.29 is 9.59 Å². The minimum Gasteiger partial charge on any atom is -0.392 e. The molecule has 0 atom stereocenters. The minimum absolute atomic E-state index is 0.244. The number of benzene rings is 2. The fraction of sp³-hybridized carbons (Fsp3) is 0.207. The Balaban J connectivity index is 1.69. The summed E-state index contributed by atoms with van der Waals surface area (Å²) in [4.78, 5) is 40.7. The predicted octanol–water partition coefficient (Wildman–Crippen LogP) is 3.93. The zero-order valence-electron chi connectivity index (χ0n) is 22.8. The van der Waals surface area contributed by atoms with Crippen molar-refractivity contribution in [2.75, 3.05) is 43.2 Å². The van der Waals surface area contributed by atoms with E-state index in [2.05, 4.69) is 25.9 Å². The maximum Gasteiger partial charge on any atom is 0.330 e. The van der Waals surface area contributed by atoms with Gasteiger partial charge < -0.3 is 31.2 Å². The summed E-state index contributed by atoms with van der Waals surface area (Å²) in [5.41, 5.74) is 3.30. The summed E-state index contributed by atoms with van der Waals surface area (Å²) in [6, 6.07) is 16.6. The average molecular weight is 540 g/mol. The van der Waals surface area contributed by atoms with Crippen molar-refractivity contribution >= 4 is 41.3 Å². The quantitative estimate of drug-likeness (QED) is 0.215. The van der Waals surface area contributed by atoms with E-state index in [0.29, 0.717) is 42.5 Å². The maximum atomic E-state index is 13.9. The van der Waals surface area contributed by atoms with Gasteiger partial charge in [-0.3, -0.25) is 4.79 Å². The third kappa shape index (κ3) is 7.08. The summed E-state index contributed by atoms with van der Waals surface area (Å²) >= 11 is 0. The van der Waals surface area contributed by atoms with Crippen molar-refractivity contribution in [1.29, 1.82) is 5.41 Å². The van der Waals surface area contributed by atoms with Gasteiger partial charge in [-0.05, 0) is 37.9 Å². The van der Waals surface area contributed by atoms with E-state index >= 15 is 0 Å². The first kappa shape index (κ1) is 28.0. The first-order chi connectivity index (χ1) is 19.4. The molecular formula is C29H33N9O2. The number of carbonyl (C=O) groups is 2. The molecule has 0 fully saturated rings. The van der Waals surface area contributed by atoms with Crippen LogP contribution >= 0.6 is 0 Å². The summed E-state index contributed by atoms with van der Waals surface area (Å²) in [6.07, 6.45) is 7.70. The molecule has 1 aliphatic rings. The molecule has 0 radical (unpaired) electrons. The Labute approximate surface area is 233 Å². The second-order valence-corrected chi connectivity index (χ2v) is 9.36. The number of rotatable bonds is 11. The van der Waals surface area contributed by atoms with Crippen molar-refractivity contribution in [1.82, 2.24) is 25.1 Å². The van der Waals surface area contributed by atoms with Crippen molar-refractivity contribution in [3.63, 3.8) is 0 Å². The normalized spacial score (nSPS) is 13.4. The third-order valence-electron chi connectivity index (χ3n) is 5.92. The topological polar surface area (TPSA) is 130 Å². The zero-order chi connectivity index (χ0) is 28.5. The molecular weight excluding hydrogens is 506 g/mol. The lowest BCUT2D eigenvalue weighted by Crippen LogP contribution is -2.45. The first-order valence-electron chi connectivity index (χ1n) is 12.7. The lowest BCUT2D eigenvalue weighted by molar-refractivity contribution is -0.111. The molecule has 0 saturated heterocycles. The Hall–Kier alpha value is -5.03. The molecule has 206 valence electrons. The molecule has 2 heterocycles. The van der Waals surface area contributed by atoms with Gasteiger partial charge in [-0.25, -0.2) is 14.7 Å². The summed E-state index contributed by atoms with van der Waals surface area (Å²) in [6.45, 7) is 1.38. The monoisotopic (exact) mass is 539 g/mol. The molecule has 0 saturated carbocycles. The fourth-order valence-corrected chi connectivity index (χ4v) is 4.10. The Bertz CT molecular complexity index is 1420. The van der Waals surface area contributed by atoms with Gasteiger partial charge in [-0.1, -0.05) is 42.5 Å². The number of nitrogens with zero attached hydrogens (tertiary/aromatic N) is 5. The molecule has 11 nitrogen and oxygen atoms in total. The number of urea groups is 1. The molecule has 4 N–H and O–H groups in total. The van der Waals surface area contributed by atoms with Crippen LogP contribution in [-0.4, -0.2) is 65.6 Å². The summed E-state index contributed by atoms with van der Waals surface area (Å²) < 4.78 is 0. The number of aromatic nitrogens is 2. The summed E-state index contributed by atoms with van der Waals surface area (Å²) in [5.74, 6) is 0.405. The van der Waals surface area contributed by atoms with Crippen LogP contribution in [0.4, 0.5) is 27.9 Å².